The molecule has 7 nitrogen and oxygen atoms in total. The number of carbonyl (C=O) groups is 2. The summed E-state index contributed by atoms with van der Waals surface area (Å²) in [5.41, 5.74) is 0.623. The van der Waals surface area contributed by atoms with Gasteiger partial charge in [-0.2, -0.15) is 0 Å². The van der Waals surface area contributed by atoms with Gasteiger partial charge < -0.3 is 20.3 Å². The van der Waals surface area contributed by atoms with E-state index in [1.165, 1.54) is 19.8 Å². The maximum absolute atomic E-state index is 12.6. The van der Waals surface area contributed by atoms with Gasteiger partial charge in [0.15, 0.2) is 0 Å². The second-order valence-electron chi connectivity index (χ2n) is 7.40. The van der Waals surface area contributed by atoms with E-state index in [0.717, 1.165) is 19.6 Å². The van der Waals surface area contributed by atoms with Crippen molar-refractivity contribution in [3.05, 3.63) is 48.2 Å². The Bertz CT molecular complexity index is 860. The Morgan fingerprint density at radius 3 is 2.50 bits per heavy atom. The van der Waals surface area contributed by atoms with Crippen LogP contribution in [0.1, 0.15) is 30.1 Å². The van der Waals surface area contributed by atoms with E-state index in [0.29, 0.717) is 28.8 Å². The summed E-state index contributed by atoms with van der Waals surface area (Å²) in [6, 6.07) is 10.7. The second-order valence-corrected chi connectivity index (χ2v) is 7.40. The van der Waals surface area contributed by atoms with Gasteiger partial charge in [-0.3, -0.25) is 9.59 Å². The molecule has 3 aliphatic heterocycles. The minimum absolute atomic E-state index is 0.0397. The summed E-state index contributed by atoms with van der Waals surface area (Å²) in [5, 5.41) is 5.81. The SMILES string of the molecule is CC(=O)Nc1cc(Oc2ccc(C(=O)NC3CN4CCC3CC4)cc2)ccn1. The van der Waals surface area contributed by atoms with Crippen LogP contribution in [-0.4, -0.2) is 47.4 Å². The van der Waals surface area contributed by atoms with Gasteiger partial charge in [-0.1, -0.05) is 0 Å². The summed E-state index contributed by atoms with van der Waals surface area (Å²) in [7, 11) is 0. The van der Waals surface area contributed by atoms with Crippen molar-refractivity contribution in [2.75, 3.05) is 25.0 Å². The van der Waals surface area contributed by atoms with Gasteiger partial charge in [0.2, 0.25) is 5.91 Å². The Hall–Kier alpha value is -2.93. The van der Waals surface area contributed by atoms with Crippen molar-refractivity contribution in [1.82, 2.24) is 15.2 Å². The molecule has 1 aromatic carbocycles. The first-order valence-electron chi connectivity index (χ1n) is 9.61. The van der Waals surface area contributed by atoms with Crippen LogP contribution in [0.3, 0.4) is 0 Å². The van der Waals surface area contributed by atoms with Gasteiger partial charge in [-0.05, 0) is 62.2 Å². The number of ether oxygens (including phenoxy) is 1. The molecule has 1 aromatic heterocycles. The van der Waals surface area contributed by atoms with Gasteiger partial charge in [0, 0.05) is 37.3 Å². The number of hydrogen-bond acceptors (Lipinski definition) is 5. The lowest BCUT2D eigenvalue weighted by Gasteiger charge is -2.44. The van der Waals surface area contributed by atoms with Gasteiger partial charge in [-0.15, -0.1) is 0 Å². The maximum atomic E-state index is 12.6. The highest BCUT2D eigenvalue weighted by molar-refractivity contribution is 5.94. The zero-order valence-electron chi connectivity index (χ0n) is 15.9. The fourth-order valence-electron chi connectivity index (χ4n) is 3.91. The van der Waals surface area contributed by atoms with Crippen LogP contribution in [0.25, 0.3) is 0 Å². The number of nitrogens with zero attached hydrogens (tertiary/aromatic N) is 2. The van der Waals surface area contributed by atoms with Crippen molar-refractivity contribution in [2.24, 2.45) is 5.92 Å². The van der Waals surface area contributed by atoms with Gasteiger partial charge in [-0.25, -0.2) is 4.98 Å². The number of amides is 2. The summed E-state index contributed by atoms with van der Waals surface area (Å²) in [5.74, 6) is 1.97. The zero-order valence-corrected chi connectivity index (χ0v) is 15.9. The van der Waals surface area contributed by atoms with E-state index in [2.05, 4.69) is 20.5 Å². The molecule has 3 aliphatic rings. The van der Waals surface area contributed by atoms with Crippen LogP contribution in [0.2, 0.25) is 0 Å². The molecule has 5 rings (SSSR count). The van der Waals surface area contributed by atoms with Crippen LogP contribution in [-0.2, 0) is 4.79 Å². The highest BCUT2D eigenvalue weighted by Crippen LogP contribution is 2.28. The van der Waals surface area contributed by atoms with Gasteiger partial charge >= 0.3 is 0 Å². The molecular formula is C21H24N4O3. The molecule has 2 bridgehead atoms. The van der Waals surface area contributed by atoms with Crippen LogP contribution >= 0.6 is 0 Å². The molecule has 2 aromatic rings. The molecule has 3 fully saturated rings. The van der Waals surface area contributed by atoms with E-state index in [-0.39, 0.29) is 17.9 Å². The molecule has 1 atom stereocenters. The third-order valence-corrected chi connectivity index (χ3v) is 5.36. The monoisotopic (exact) mass is 380 g/mol. The molecule has 0 aliphatic carbocycles. The lowest BCUT2D eigenvalue weighted by molar-refractivity contribution is -0.114. The van der Waals surface area contributed by atoms with Crippen LogP contribution in [0.4, 0.5) is 5.82 Å². The first-order valence-corrected chi connectivity index (χ1v) is 9.61. The summed E-state index contributed by atoms with van der Waals surface area (Å²) < 4.78 is 5.80. The minimum atomic E-state index is -0.192. The van der Waals surface area contributed by atoms with E-state index in [1.54, 1.807) is 42.6 Å². The topological polar surface area (TPSA) is 83.6 Å². The van der Waals surface area contributed by atoms with Crippen LogP contribution in [0.15, 0.2) is 42.6 Å². The lowest BCUT2D eigenvalue weighted by Crippen LogP contribution is -2.57. The number of aromatic nitrogens is 1. The molecule has 28 heavy (non-hydrogen) atoms. The third-order valence-electron chi connectivity index (χ3n) is 5.36. The van der Waals surface area contributed by atoms with E-state index in [4.69, 9.17) is 4.74 Å². The summed E-state index contributed by atoms with van der Waals surface area (Å²) in [6.45, 7) is 4.69. The molecule has 7 heteroatoms. The summed E-state index contributed by atoms with van der Waals surface area (Å²) in [4.78, 5) is 30.2. The quantitative estimate of drug-likeness (QED) is 0.833. The minimum Gasteiger partial charge on any atom is -0.457 e. The van der Waals surface area contributed by atoms with Crippen molar-refractivity contribution >= 4 is 17.6 Å². The number of benzene rings is 1. The molecule has 2 N–H and O–H groups in total. The molecule has 146 valence electrons. The normalized spacial score (nSPS) is 23.1. The Labute approximate surface area is 164 Å². The number of pyridine rings is 1. The maximum Gasteiger partial charge on any atom is 0.251 e. The first-order chi connectivity index (χ1) is 13.6. The van der Waals surface area contributed by atoms with E-state index >= 15 is 0 Å². The molecule has 4 heterocycles. The molecule has 3 saturated heterocycles. The third kappa shape index (κ3) is 4.31. The van der Waals surface area contributed by atoms with Gasteiger partial charge in [0.05, 0.1) is 0 Å². The lowest BCUT2D eigenvalue weighted by atomic mass is 9.84. The first kappa shape index (κ1) is 18.4. The molecular weight excluding hydrogens is 356 g/mol. The number of fused-ring (bicyclic) bond motifs is 3. The number of nitrogens with one attached hydrogen (secondary N) is 2. The Balaban J connectivity index is 1.37. The fourth-order valence-corrected chi connectivity index (χ4v) is 3.91. The average Bonchev–Trinajstić information content (AvgIpc) is 2.69. The molecule has 1 unspecified atom stereocenters. The largest absolute Gasteiger partial charge is 0.457 e. The fraction of sp³-hybridized carbons (Fsp3) is 0.381. The predicted octanol–water partition coefficient (Wildman–Crippen LogP) is 2.66. The standard InChI is InChI=1S/C21H24N4O3/c1-14(26)23-20-12-18(6-9-22-20)28-17-4-2-16(3-5-17)21(27)24-19-13-25-10-7-15(19)8-11-25/h2-6,9,12,15,19H,7-8,10-11,13H2,1H3,(H,24,27)(H,22,23,26). The molecule has 0 radical (unpaired) electrons. The van der Waals surface area contributed by atoms with E-state index in [9.17, 15) is 9.59 Å². The highest BCUT2D eigenvalue weighted by Gasteiger charge is 2.34. The zero-order chi connectivity index (χ0) is 19.5. The molecule has 0 saturated carbocycles. The smallest absolute Gasteiger partial charge is 0.251 e. The van der Waals surface area contributed by atoms with Crippen molar-refractivity contribution in [2.45, 2.75) is 25.8 Å². The molecule has 0 spiro atoms. The van der Waals surface area contributed by atoms with Crippen LogP contribution in [0, 0.1) is 5.92 Å². The molecule has 2 amide bonds. The number of carbonyl (C=O) groups excluding carboxylic acids is 2. The second kappa shape index (κ2) is 7.98. The van der Waals surface area contributed by atoms with Crippen molar-refractivity contribution in [1.29, 1.82) is 0 Å². The van der Waals surface area contributed by atoms with Crippen molar-refractivity contribution in [3.8, 4) is 11.5 Å². The summed E-state index contributed by atoms with van der Waals surface area (Å²) >= 11 is 0. The van der Waals surface area contributed by atoms with Crippen LogP contribution in [0.5, 0.6) is 11.5 Å². The number of hydrogen-bond donors (Lipinski definition) is 2. The number of piperidine rings is 3. The Morgan fingerprint density at radius 2 is 1.86 bits per heavy atom. The van der Waals surface area contributed by atoms with E-state index in [1.807, 2.05) is 0 Å². The van der Waals surface area contributed by atoms with Crippen molar-refractivity contribution in [3.63, 3.8) is 0 Å². The highest BCUT2D eigenvalue weighted by atomic mass is 16.5. The van der Waals surface area contributed by atoms with Crippen LogP contribution < -0.4 is 15.4 Å². The average molecular weight is 380 g/mol. The van der Waals surface area contributed by atoms with Crippen molar-refractivity contribution < 1.29 is 14.3 Å². The summed E-state index contributed by atoms with van der Waals surface area (Å²) in [6.07, 6.45) is 3.91. The Kier molecular flexibility index (Phi) is 5.25. The number of anilines is 1. The number of rotatable bonds is 5. The van der Waals surface area contributed by atoms with E-state index < -0.39 is 0 Å². The van der Waals surface area contributed by atoms with Gasteiger partial charge in [0.1, 0.15) is 17.3 Å². The predicted molar refractivity (Wildman–Crippen MR) is 105 cm³/mol. The van der Waals surface area contributed by atoms with Gasteiger partial charge in [0.25, 0.3) is 5.91 Å². The Morgan fingerprint density at radius 1 is 1.11 bits per heavy atom.